The van der Waals surface area contributed by atoms with Crippen molar-refractivity contribution >= 4 is 47.8 Å². The van der Waals surface area contributed by atoms with Gasteiger partial charge in [-0.3, -0.25) is 0 Å². The van der Waals surface area contributed by atoms with Crippen molar-refractivity contribution in [1.82, 2.24) is 0 Å². The minimum atomic E-state index is -4.00. The summed E-state index contributed by atoms with van der Waals surface area (Å²) in [4.78, 5) is 3.44. The first-order valence-electron chi connectivity index (χ1n) is 12.0. The second kappa shape index (κ2) is 9.82. The Labute approximate surface area is 224 Å². The Hall–Kier alpha value is -4.39. The van der Waals surface area contributed by atoms with Gasteiger partial charge in [-0.1, -0.05) is 54.6 Å². The number of rotatable bonds is 5. The van der Waals surface area contributed by atoms with E-state index in [2.05, 4.69) is 10.3 Å². The Morgan fingerprint density at radius 1 is 0.684 bits per heavy atom. The fourth-order valence-corrected chi connectivity index (χ4v) is 5.68. The average Bonchev–Trinajstić information content (AvgIpc) is 2.92. The summed E-state index contributed by atoms with van der Waals surface area (Å²) in [5.41, 5.74) is 5.36. The molecule has 5 nitrogen and oxygen atoms in total. The maximum absolute atomic E-state index is 12.5. The van der Waals surface area contributed by atoms with Crippen molar-refractivity contribution in [3.63, 3.8) is 0 Å². The van der Waals surface area contributed by atoms with Gasteiger partial charge in [-0.25, -0.2) is 13.4 Å². The van der Waals surface area contributed by atoms with E-state index in [-0.39, 0.29) is 4.90 Å². The lowest BCUT2D eigenvalue weighted by molar-refractivity contribution is -0.402. The summed E-state index contributed by atoms with van der Waals surface area (Å²) in [6.07, 6.45) is 0. The van der Waals surface area contributed by atoms with E-state index in [1.165, 1.54) is 6.07 Å². The average molecular weight is 538 g/mol. The molecule has 2 N–H and O–H groups in total. The molecule has 0 unspecified atom stereocenters. The number of halogens is 1. The van der Waals surface area contributed by atoms with Gasteiger partial charge in [-0.05, 0) is 36.4 Å². The maximum atomic E-state index is 12.5. The lowest BCUT2D eigenvalue weighted by atomic mass is 9.93. The van der Waals surface area contributed by atoms with E-state index in [4.69, 9.17) is 15.1 Å². The van der Waals surface area contributed by atoms with Crippen molar-refractivity contribution in [2.45, 2.75) is 4.90 Å². The third-order valence-corrected chi connectivity index (χ3v) is 7.65. The van der Waals surface area contributed by atoms with Crippen molar-refractivity contribution in [2.24, 2.45) is 0 Å². The van der Waals surface area contributed by atoms with Gasteiger partial charge in [-0.15, -0.1) is 0 Å². The molecule has 0 spiro atoms. The lowest BCUT2D eigenvalue weighted by Gasteiger charge is -2.17. The van der Waals surface area contributed by atoms with E-state index in [9.17, 15) is 8.42 Å². The molecule has 1 aliphatic carbocycles. The number of benzene rings is 5. The summed E-state index contributed by atoms with van der Waals surface area (Å²) in [5, 5.41) is 5.01. The summed E-state index contributed by atoms with van der Waals surface area (Å²) in [7, 11) is 1.88. The minimum absolute atomic E-state index is 0.0495. The molecule has 0 atom stereocenters. The third-order valence-electron chi connectivity index (χ3n) is 6.27. The molecule has 6 rings (SSSR count). The van der Waals surface area contributed by atoms with Gasteiger partial charge in [0.05, 0.1) is 11.0 Å². The normalized spacial score (nSPS) is 12.2. The predicted molar refractivity (Wildman–Crippen MR) is 151 cm³/mol. The van der Waals surface area contributed by atoms with Crippen LogP contribution in [0.25, 0.3) is 33.4 Å². The highest BCUT2D eigenvalue weighted by molar-refractivity contribution is 8.13. The van der Waals surface area contributed by atoms with Gasteiger partial charge in [0, 0.05) is 68.4 Å². The largest absolute Gasteiger partial charge is 0.456 e. The van der Waals surface area contributed by atoms with E-state index >= 15 is 0 Å². The molecule has 186 valence electrons. The zero-order chi connectivity index (χ0) is 26.1. The van der Waals surface area contributed by atoms with E-state index in [1.807, 2.05) is 97.1 Å². The summed E-state index contributed by atoms with van der Waals surface area (Å²) >= 11 is 0. The smallest absolute Gasteiger partial charge is 0.261 e. The Kier molecular flexibility index (Phi) is 6.19. The summed E-state index contributed by atoms with van der Waals surface area (Å²) in [6.45, 7) is 0. The first-order valence-corrected chi connectivity index (χ1v) is 14.3. The summed E-state index contributed by atoms with van der Waals surface area (Å²) < 4.78 is 31.5. The molecule has 0 bridgehead atoms. The zero-order valence-corrected chi connectivity index (χ0v) is 21.6. The molecule has 0 aromatic heterocycles. The highest BCUT2D eigenvalue weighted by Gasteiger charge is 2.23. The van der Waals surface area contributed by atoms with Gasteiger partial charge in [0.15, 0.2) is 0 Å². The summed E-state index contributed by atoms with van der Waals surface area (Å²) in [5.74, 6) is 0.604. The number of fused-ring (bicyclic) bond motifs is 2. The molecule has 0 saturated carbocycles. The molecule has 0 radical (unpaired) electrons. The highest BCUT2D eigenvalue weighted by Crippen LogP contribution is 2.43. The van der Waals surface area contributed by atoms with E-state index in [0.717, 1.165) is 38.9 Å². The van der Waals surface area contributed by atoms with Crippen LogP contribution in [0.4, 0.5) is 17.1 Å². The molecule has 4 aromatic carbocycles. The van der Waals surface area contributed by atoms with Crippen LogP contribution in [-0.4, -0.2) is 8.42 Å². The van der Waals surface area contributed by atoms with Crippen LogP contribution in [0.3, 0.4) is 0 Å². The molecule has 7 heteroatoms. The van der Waals surface area contributed by atoms with Crippen molar-refractivity contribution in [3.8, 4) is 22.5 Å². The zero-order valence-electron chi connectivity index (χ0n) is 20.1. The molecule has 1 heterocycles. The molecule has 0 amide bonds. The highest BCUT2D eigenvalue weighted by atomic mass is 35.7. The Balaban J connectivity index is 1.62. The Morgan fingerprint density at radius 2 is 1.39 bits per heavy atom. The maximum Gasteiger partial charge on any atom is 0.261 e. The molecular formula is C31H22ClN2O3S+. The van der Waals surface area contributed by atoms with E-state index in [0.29, 0.717) is 16.9 Å². The predicted octanol–water partition coefficient (Wildman–Crippen LogP) is 6.19. The number of anilines is 2. The molecule has 2 aliphatic rings. The van der Waals surface area contributed by atoms with Gasteiger partial charge in [0.2, 0.25) is 11.0 Å². The van der Waals surface area contributed by atoms with Gasteiger partial charge in [-0.2, -0.15) is 0 Å². The minimum Gasteiger partial charge on any atom is -0.456 e. The third kappa shape index (κ3) is 4.79. The molecule has 0 saturated heterocycles. The van der Waals surface area contributed by atoms with Crippen LogP contribution >= 0.6 is 10.7 Å². The van der Waals surface area contributed by atoms with Crippen LogP contribution in [0.2, 0.25) is 0 Å². The van der Waals surface area contributed by atoms with Gasteiger partial charge in [0.25, 0.3) is 9.05 Å². The lowest BCUT2D eigenvalue weighted by Crippen LogP contribution is -2.70. The van der Waals surface area contributed by atoms with E-state index < -0.39 is 9.05 Å². The number of hydrogen-bond donors (Lipinski definition) is 2. The Bertz CT molecular complexity index is 1920. The first kappa shape index (κ1) is 24.0. The van der Waals surface area contributed by atoms with Gasteiger partial charge in [0.1, 0.15) is 11.3 Å². The fourth-order valence-electron chi connectivity index (χ4n) is 4.60. The number of para-hydroxylation sites is 2. The van der Waals surface area contributed by atoms with Crippen LogP contribution in [0.5, 0.6) is 0 Å². The van der Waals surface area contributed by atoms with Crippen LogP contribution in [0.1, 0.15) is 0 Å². The molecule has 0 fully saturated rings. The van der Waals surface area contributed by atoms with Crippen molar-refractivity contribution in [3.05, 3.63) is 127 Å². The summed E-state index contributed by atoms with van der Waals surface area (Å²) in [6, 6.07) is 38.1. The fraction of sp³-hybridized carbons (Fsp3) is 0. The van der Waals surface area contributed by atoms with E-state index in [1.54, 1.807) is 18.2 Å². The second-order valence-electron chi connectivity index (χ2n) is 8.81. The standard InChI is InChI=1S/C31H21ClN2O3S/c32-38(35,36)30-14-8-7-13-27(30)31-25-17-15-23(33-21-9-3-1-4-10-21)19-28(25)37-29-20-24(16-18-26(29)31)34-22-11-5-2-6-12-22/h1-20,33H/p+1. The van der Waals surface area contributed by atoms with Crippen molar-refractivity contribution < 1.29 is 17.8 Å². The second-order valence-corrected chi connectivity index (χ2v) is 11.3. The Morgan fingerprint density at radius 3 is 2.16 bits per heavy atom. The van der Waals surface area contributed by atoms with Crippen LogP contribution in [0.15, 0.2) is 131 Å². The molecule has 4 aromatic rings. The van der Waals surface area contributed by atoms with Crippen LogP contribution < -0.4 is 15.7 Å². The van der Waals surface area contributed by atoms with Crippen LogP contribution in [-0.2, 0) is 9.05 Å². The van der Waals surface area contributed by atoms with Gasteiger partial charge < -0.3 is 9.73 Å². The molecule has 1 aliphatic heterocycles. The van der Waals surface area contributed by atoms with Crippen molar-refractivity contribution in [1.29, 1.82) is 0 Å². The van der Waals surface area contributed by atoms with Gasteiger partial charge >= 0.3 is 0 Å². The number of nitrogens with one attached hydrogen (secondary N) is 2. The SMILES string of the molecule is O=S(=O)(Cl)c1ccccc1-c1c2ccc(=[NH+]c3ccccc3)cc-2oc2cc(Nc3ccccc3)ccc12. The molecule has 38 heavy (non-hydrogen) atoms. The topological polar surface area (TPSA) is 73.3 Å². The quantitative estimate of drug-likeness (QED) is 0.203. The number of hydrogen-bond acceptors (Lipinski definition) is 4. The molecular weight excluding hydrogens is 516 g/mol. The van der Waals surface area contributed by atoms with Crippen LogP contribution in [0, 0.1) is 0 Å². The first-order chi connectivity index (χ1) is 18.5. The van der Waals surface area contributed by atoms with Crippen molar-refractivity contribution in [2.75, 3.05) is 5.32 Å². The monoisotopic (exact) mass is 537 g/mol.